The molecule has 9 aromatic rings. The van der Waals surface area contributed by atoms with Gasteiger partial charge in [-0.2, -0.15) is 0 Å². The number of nitrogens with zero attached hydrogens (tertiary/aromatic N) is 20. The van der Waals surface area contributed by atoms with Crippen LogP contribution in [-0.4, -0.2) is 197 Å². The molecule has 0 spiro atoms. The van der Waals surface area contributed by atoms with Crippen molar-refractivity contribution in [3.05, 3.63) is 169 Å². The lowest BCUT2D eigenvalue weighted by atomic mass is 9.89. The van der Waals surface area contributed by atoms with Crippen LogP contribution < -0.4 is 20.9 Å². The first kappa shape index (κ1) is 102. The van der Waals surface area contributed by atoms with E-state index in [9.17, 15) is 38.4 Å². The summed E-state index contributed by atoms with van der Waals surface area (Å²) in [6.07, 6.45) is 1.25. The topological polar surface area (TPSA) is 429 Å². The van der Waals surface area contributed by atoms with Crippen molar-refractivity contribution in [2.75, 3.05) is 29.9 Å². The fourth-order valence-electron chi connectivity index (χ4n) is 10.8. The van der Waals surface area contributed by atoms with E-state index in [1.54, 1.807) is 91.5 Å². The molecule has 126 heavy (non-hydrogen) atoms. The van der Waals surface area contributed by atoms with Gasteiger partial charge in [0.25, 0.3) is 0 Å². The first-order chi connectivity index (χ1) is 58.7. The maximum Gasteiger partial charge on any atom is 0.415 e. The lowest BCUT2D eigenvalue weighted by molar-refractivity contribution is -0.124. The summed E-state index contributed by atoms with van der Waals surface area (Å²) in [6.45, 7) is 45.2. The third kappa shape index (κ3) is 40.1. The molecule has 0 fully saturated rings. The van der Waals surface area contributed by atoms with Gasteiger partial charge < -0.3 is 44.7 Å². The molecule has 0 unspecified atom stereocenters. The monoisotopic (exact) mass is 1730 g/mol. The smallest absolute Gasteiger partial charge is 0.415 e. The molecular formula is C91H125N23O12. The van der Waals surface area contributed by atoms with Crippen LogP contribution in [0.3, 0.4) is 0 Å². The van der Waals surface area contributed by atoms with Crippen LogP contribution in [0.25, 0.3) is 45.6 Å². The number of carbonyl (C=O) groups excluding carboxylic acids is 8. The zero-order chi connectivity index (χ0) is 93.4. The highest BCUT2D eigenvalue weighted by molar-refractivity contribution is 5.95. The van der Waals surface area contributed by atoms with E-state index < -0.39 is 57.7 Å². The molecule has 676 valence electrons. The van der Waals surface area contributed by atoms with Gasteiger partial charge in [-0.05, 0) is 167 Å². The molecule has 9 rings (SSSR count). The molecule has 7 amide bonds. The summed E-state index contributed by atoms with van der Waals surface area (Å²) in [7, 11) is 0. The van der Waals surface area contributed by atoms with Gasteiger partial charge in [-0.15, -0.1) is 81.6 Å². The molecule has 35 heteroatoms. The number of aromatic nitrogens is 16. The molecule has 4 heterocycles. The van der Waals surface area contributed by atoms with Crippen LogP contribution in [0.4, 0.5) is 30.6 Å². The number of rotatable bonds is 26. The highest BCUT2D eigenvalue weighted by Crippen LogP contribution is 2.27. The standard InChI is InChI=1S/C25H30N6O3.C24H36N6O3.C22H31N5O3.C20H28N6O3/c1-24(2,3)22(32)26-18-12-14-19(15-13-18)31(23(33)34-25(4,5)6)16-20-27-29-21(30-28-20)17-10-8-7-9-11-17;1-23(2,3)25-20(31)15-11-8-12-16-30(22(32)33-24(4,5)6)17-19-26-28-21(29-27-19)18-13-9-7-10-14-18;1-21(2,3)14-17(28)12-13-27(20(29)30-22(4,5)6)15-18-23-25-19(26-24-18)16-10-8-7-9-11-16;1-19(2,3)21-16(27)13-26(18(28)29-20(4,5)6)12-15-22-24-17(25-23-15)14-10-8-7-9-11-14/h7-15H,16H2,1-6H3,(H,26,32);7,9-10,13-14H,8,11-12,15-17H2,1-6H3,(H,25,31);7-11H,12-15H2,1-6H3;7-11H,12-13H2,1-6H3,(H,21,27). The van der Waals surface area contributed by atoms with E-state index in [1.165, 1.54) is 14.7 Å². The number of benzene rings is 5. The summed E-state index contributed by atoms with van der Waals surface area (Å²) >= 11 is 0. The Balaban J connectivity index is 0.000000260. The number of nitrogens with one attached hydrogen (secondary N) is 3. The zero-order valence-corrected chi connectivity index (χ0v) is 77.4. The summed E-state index contributed by atoms with van der Waals surface area (Å²) in [5, 5.41) is 74.5. The fourth-order valence-corrected chi connectivity index (χ4v) is 10.8. The molecule has 0 aliphatic heterocycles. The Kier molecular flexibility index (Phi) is 37.3. The van der Waals surface area contributed by atoms with E-state index in [1.807, 2.05) is 225 Å². The number of ether oxygens (including phenoxy) is 4. The normalized spacial score (nSPS) is 11.7. The van der Waals surface area contributed by atoms with E-state index in [0.717, 1.165) is 41.5 Å². The third-order valence-corrected chi connectivity index (χ3v) is 16.3. The minimum absolute atomic E-state index is 0.0116. The van der Waals surface area contributed by atoms with E-state index in [0.29, 0.717) is 59.9 Å². The summed E-state index contributed by atoms with van der Waals surface area (Å²) in [6, 6.07) is 44.5. The Morgan fingerprint density at radius 1 is 0.317 bits per heavy atom. The second kappa shape index (κ2) is 46.1. The Morgan fingerprint density at radius 2 is 0.627 bits per heavy atom. The van der Waals surface area contributed by atoms with Gasteiger partial charge in [0.1, 0.15) is 34.7 Å². The number of anilines is 2. The van der Waals surface area contributed by atoms with Crippen molar-refractivity contribution in [1.82, 2.24) is 107 Å². The van der Waals surface area contributed by atoms with Gasteiger partial charge in [-0.1, -0.05) is 169 Å². The number of hydrogen-bond acceptors (Lipinski definition) is 28. The number of carbonyl (C=O) groups is 8. The highest BCUT2D eigenvalue weighted by atomic mass is 16.6. The van der Waals surface area contributed by atoms with Gasteiger partial charge in [-0.25, -0.2) is 19.2 Å². The highest BCUT2D eigenvalue weighted by Gasteiger charge is 2.31. The van der Waals surface area contributed by atoms with Crippen molar-refractivity contribution in [2.24, 2.45) is 10.8 Å². The first-order valence-electron chi connectivity index (χ1n) is 41.7. The molecule has 5 aromatic carbocycles. The third-order valence-electron chi connectivity index (χ3n) is 16.3. The molecule has 0 aliphatic rings. The molecule has 35 nitrogen and oxygen atoms in total. The lowest BCUT2D eigenvalue weighted by Gasteiger charge is -2.28. The zero-order valence-electron chi connectivity index (χ0n) is 77.4. The summed E-state index contributed by atoms with van der Waals surface area (Å²) in [5.41, 5.74) is 0.448. The second-order valence-corrected chi connectivity index (χ2v) is 37.9. The minimum atomic E-state index is -0.704. The minimum Gasteiger partial charge on any atom is -0.444 e. The Bertz CT molecular complexity index is 4920. The average Bonchev–Trinajstić information content (AvgIpc) is 0.810. The van der Waals surface area contributed by atoms with E-state index >= 15 is 0 Å². The Labute approximate surface area is 739 Å². The van der Waals surface area contributed by atoms with Gasteiger partial charge in [-0.3, -0.25) is 29.0 Å². The molecule has 0 radical (unpaired) electrons. The Morgan fingerprint density at radius 3 is 0.952 bits per heavy atom. The quantitative estimate of drug-likeness (QED) is 0.0335. The van der Waals surface area contributed by atoms with Gasteiger partial charge >= 0.3 is 24.4 Å². The molecule has 0 saturated heterocycles. The molecule has 4 aromatic heterocycles. The van der Waals surface area contributed by atoms with E-state index in [4.69, 9.17) is 18.9 Å². The van der Waals surface area contributed by atoms with Gasteiger partial charge in [0, 0.05) is 82.5 Å². The average molecular weight is 1730 g/mol. The van der Waals surface area contributed by atoms with Crippen molar-refractivity contribution < 1.29 is 57.3 Å². The summed E-state index contributed by atoms with van der Waals surface area (Å²) in [5.74, 6) is 2.40. The Hall–Kier alpha value is -13.0. The van der Waals surface area contributed by atoms with Gasteiger partial charge in [0.2, 0.25) is 41.0 Å². The number of unbranched alkanes of at least 4 members (excludes halogenated alkanes) is 2. The van der Waals surface area contributed by atoms with Crippen molar-refractivity contribution in [3.8, 4) is 45.6 Å². The predicted molar refractivity (Wildman–Crippen MR) is 477 cm³/mol. The number of Topliss-reactive ketones (excluding diaryl/α,β-unsaturated/α-hetero) is 1. The van der Waals surface area contributed by atoms with E-state index in [-0.39, 0.29) is 97.6 Å². The molecule has 0 atom stereocenters. The summed E-state index contributed by atoms with van der Waals surface area (Å²) in [4.78, 5) is 105. The number of ketones is 1. The molecule has 0 saturated carbocycles. The van der Waals surface area contributed by atoms with Crippen LogP contribution >= 0.6 is 0 Å². The van der Waals surface area contributed by atoms with Crippen LogP contribution in [-0.2, 0) is 64.3 Å². The maximum atomic E-state index is 13.0. The predicted octanol–water partition coefficient (Wildman–Crippen LogP) is 15.7. The molecule has 0 aliphatic carbocycles. The maximum absolute atomic E-state index is 13.0. The number of hydrogen-bond donors (Lipinski definition) is 3. The molecule has 0 bridgehead atoms. The van der Waals surface area contributed by atoms with Crippen molar-refractivity contribution >= 4 is 59.3 Å². The largest absolute Gasteiger partial charge is 0.444 e. The van der Waals surface area contributed by atoms with Gasteiger partial charge in [0.15, 0.2) is 23.3 Å². The van der Waals surface area contributed by atoms with Crippen LogP contribution in [0.15, 0.2) is 146 Å². The van der Waals surface area contributed by atoms with Crippen molar-refractivity contribution in [3.63, 3.8) is 0 Å². The lowest BCUT2D eigenvalue weighted by Crippen LogP contribution is -2.48. The molecule has 3 N–H and O–H groups in total. The second-order valence-electron chi connectivity index (χ2n) is 37.9. The fraction of sp³-hybridized carbons (Fsp3) is 0.495. The SMILES string of the molecule is CC(C)(C)CC(=O)CCN(Cc1nnc(-c2ccccc2)nn1)C(=O)OC(C)(C)C.CC(C)(C)NC(=O)CCCCCN(Cc1nnc(-c2ccccc2)nn1)C(=O)OC(C)(C)C.CC(C)(C)NC(=O)CN(Cc1nnc(-c2ccccc2)nn1)C(=O)OC(C)(C)C.CC(C)(C)OC(=O)N(Cc1nnc(-c2ccccc2)nn1)c1ccc(NC(=O)C(C)(C)C)cc1. The van der Waals surface area contributed by atoms with E-state index in [2.05, 4.69) is 97.5 Å². The van der Waals surface area contributed by atoms with Crippen LogP contribution in [0.1, 0.15) is 228 Å². The van der Waals surface area contributed by atoms with Crippen molar-refractivity contribution in [1.29, 1.82) is 0 Å². The number of amides is 7. The van der Waals surface area contributed by atoms with Crippen LogP contribution in [0.2, 0.25) is 0 Å². The summed E-state index contributed by atoms with van der Waals surface area (Å²) < 4.78 is 22.0. The van der Waals surface area contributed by atoms with Crippen molar-refractivity contribution in [2.45, 2.75) is 264 Å². The van der Waals surface area contributed by atoms with Crippen LogP contribution in [0, 0.1) is 10.8 Å². The van der Waals surface area contributed by atoms with Crippen LogP contribution in [0.5, 0.6) is 0 Å². The molecular weight excluding hydrogens is 1610 g/mol. The first-order valence-corrected chi connectivity index (χ1v) is 41.7. The van der Waals surface area contributed by atoms with Gasteiger partial charge in [0.05, 0.1) is 26.2 Å².